The highest BCUT2D eigenvalue weighted by atomic mass is 35.5. The Balaban J connectivity index is 1.97. The monoisotopic (exact) mass is 301 g/mol. The molecule has 0 spiro atoms. The molecule has 0 amide bonds. The van der Waals surface area contributed by atoms with E-state index in [1.165, 1.54) is 19.4 Å². The summed E-state index contributed by atoms with van der Waals surface area (Å²) in [6.45, 7) is 3.30. The molecule has 1 aliphatic rings. The summed E-state index contributed by atoms with van der Waals surface area (Å²) in [6, 6.07) is 3.89. The Morgan fingerprint density at radius 3 is 2.58 bits per heavy atom. The molecule has 0 N–H and O–H groups in total. The van der Waals surface area contributed by atoms with Gasteiger partial charge in [-0.3, -0.25) is 0 Å². The van der Waals surface area contributed by atoms with E-state index in [1.54, 1.807) is 0 Å². The summed E-state index contributed by atoms with van der Waals surface area (Å²) < 4.78 is 0. The lowest BCUT2D eigenvalue weighted by atomic mass is 9.96. The average Bonchev–Trinajstić information content (AvgIpc) is 2.40. The Labute approximate surface area is 125 Å². The number of rotatable bonds is 4. The van der Waals surface area contributed by atoms with Crippen LogP contribution >= 0.6 is 23.2 Å². The van der Waals surface area contributed by atoms with E-state index in [2.05, 4.69) is 28.9 Å². The fraction of sp³-hybridized carbons (Fsp3) is 0.643. The van der Waals surface area contributed by atoms with Gasteiger partial charge in [-0.1, -0.05) is 11.6 Å². The first kappa shape index (κ1) is 14.9. The lowest BCUT2D eigenvalue weighted by molar-refractivity contribution is 0.284. The summed E-state index contributed by atoms with van der Waals surface area (Å²) in [4.78, 5) is 9.15. The van der Waals surface area contributed by atoms with Gasteiger partial charge in [0, 0.05) is 19.6 Å². The molecule has 2 heterocycles. The maximum Gasteiger partial charge on any atom is 0.128 e. The van der Waals surface area contributed by atoms with Gasteiger partial charge >= 0.3 is 0 Å². The van der Waals surface area contributed by atoms with Gasteiger partial charge in [-0.2, -0.15) is 0 Å². The molecule has 0 bridgehead atoms. The first-order valence-electron chi connectivity index (χ1n) is 6.71. The Kier molecular flexibility index (Phi) is 5.31. The molecule has 1 aliphatic heterocycles. The number of pyridine rings is 1. The van der Waals surface area contributed by atoms with Gasteiger partial charge in [-0.25, -0.2) is 4.98 Å². The molecule has 5 heteroatoms. The Hall–Kier alpha value is -0.510. The molecule has 0 aliphatic carbocycles. The number of halogens is 2. The Morgan fingerprint density at radius 1 is 1.32 bits per heavy atom. The van der Waals surface area contributed by atoms with Crippen molar-refractivity contribution in [3.05, 3.63) is 22.8 Å². The maximum absolute atomic E-state index is 6.04. The van der Waals surface area contributed by atoms with Gasteiger partial charge in [0.05, 0.1) is 16.6 Å². The van der Waals surface area contributed by atoms with Gasteiger partial charge in [0.1, 0.15) is 5.82 Å². The summed E-state index contributed by atoms with van der Waals surface area (Å²) in [5.41, 5.74) is 0.774. The van der Waals surface area contributed by atoms with Crippen LogP contribution in [0.2, 0.25) is 5.02 Å². The number of nitrogens with zero attached hydrogens (tertiary/aromatic N) is 3. The third-order valence-corrected chi connectivity index (χ3v) is 4.19. The molecule has 3 nitrogen and oxygen atoms in total. The standard InChI is InChI=1S/C14H21Cl2N3/c1-18(2)10-11-5-7-19(8-6-11)14-4-3-12(16)13(9-15)17-14/h3-4,11H,5-10H2,1-2H3. The molecule has 1 aromatic rings. The molecule has 0 radical (unpaired) electrons. The van der Waals surface area contributed by atoms with Crippen LogP contribution in [0.3, 0.4) is 0 Å². The lowest BCUT2D eigenvalue weighted by Gasteiger charge is -2.34. The minimum absolute atomic E-state index is 0.365. The second-order valence-corrected chi connectivity index (χ2v) is 6.10. The first-order valence-corrected chi connectivity index (χ1v) is 7.62. The van der Waals surface area contributed by atoms with Gasteiger partial charge in [0.15, 0.2) is 0 Å². The summed E-state index contributed by atoms with van der Waals surface area (Å²) >= 11 is 11.9. The highest BCUT2D eigenvalue weighted by Gasteiger charge is 2.21. The largest absolute Gasteiger partial charge is 0.357 e. The van der Waals surface area contributed by atoms with E-state index in [1.807, 2.05) is 12.1 Å². The second-order valence-electron chi connectivity index (χ2n) is 5.42. The van der Waals surface area contributed by atoms with Crippen molar-refractivity contribution in [2.75, 3.05) is 38.6 Å². The molecule has 19 heavy (non-hydrogen) atoms. The van der Waals surface area contributed by atoms with Crippen LogP contribution in [0.4, 0.5) is 5.82 Å². The highest BCUT2D eigenvalue weighted by molar-refractivity contribution is 6.32. The number of alkyl halides is 1. The number of piperidine rings is 1. The van der Waals surface area contributed by atoms with Crippen LogP contribution in [0.1, 0.15) is 18.5 Å². The second kappa shape index (κ2) is 6.78. The van der Waals surface area contributed by atoms with E-state index in [0.29, 0.717) is 10.9 Å². The number of hydrogen-bond acceptors (Lipinski definition) is 3. The summed E-state index contributed by atoms with van der Waals surface area (Å²) in [5, 5.41) is 0.654. The molecule has 2 rings (SSSR count). The summed E-state index contributed by atoms with van der Waals surface area (Å²) in [5.74, 6) is 2.17. The van der Waals surface area contributed by atoms with Crippen molar-refractivity contribution in [1.29, 1.82) is 0 Å². The maximum atomic E-state index is 6.04. The molecular formula is C14H21Cl2N3. The molecule has 1 fully saturated rings. The molecule has 106 valence electrons. The van der Waals surface area contributed by atoms with Crippen molar-refractivity contribution >= 4 is 29.0 Å². The zero-order chi connectivity index (χ0) is 13.8. The predicted octanol–water partition coefficient (Wildman–Crippen LogP) is 3.25. The van der Waals surface area contributed by atoms with E-state index >= 15 is 0 Å². The van der Waals surface area contributed by atoms with Crippen LogP contribution in [0.15, 0.2) is 12.1 Å². The minimum atomic E-state index is 0.365. The fourth-order valence-electron chi connectivity index (χ4n) is 2.60. The van der Waals surface area contributed by atoms with Crippen molar-refractivity contribution < 1.29 is 0 Å². The van der Waals surface area contributed by atoms with Gasteiger partial charge in [-0.15, -0.1) is 11.6 Å². The van der Waals surface area contributed by atoms with Gasteiger partial charge in [0.2, 0.25) is 0 Å². The molecule has 0 saturated carbocycles. The van der Waals surface area contributed by atoms with Gasteiger partial charge in [-0.05, 0) is 45.0 Å². The average molecular weight is 302 g/mol. The van der Waals surface area contributed by atoms with Crippen molar-refractivity contribution in [3.63, 3.8) is 0 Å². The van der Waals surface area contributed by atoms with Crippen molar-refractivity contribution in [2.24, 2.45) is 5.92 Å². The van der Waals surface area contributed by atoms with Crippen LogP contribution in [-0.2, 0) is 5.88 Å². The lowest BCUT2D eigenvalue weighted by Crippen LogP contribution is -2.37. The minimum Gasteiger partial charge on any atom is -0.357 e. The predicted molar refractivity (Wildman–Crippen MR) is 82.3 cm³/mol. The highest BCUT2D eigenvalue weighted by Crippen LogP contribution is 2.25. The quantitative estimate of drug-likeness (QED) is 0.796. The first-order chi connectivity index (χ1) is 9.10. The van der Waals surface area contributed by atoms with Crippen molar-refractivity contribution in [1.82, 2.24) is 9.88 Å². The Bertz CT molecular complexity index is 415. The topological polar surface area (TPSA) is 19.4 Å². The molecule has 0 atom stereocenters. The number of hydrogen-bond donors (Lipinski definition) is 0. The van der Waals surface area contributed by atoms with Crippen LogP contribution in [0, 0.1) is 5.92 Å². The van der Waals surface area contributed by atoms with E-state index in [4.69, 9.17) is 23.2 Å². The van der Waals surface area contributed by atoms with Gasteiger partial charge < -0.3 is 9.80 Å². The van der Waals surface area contributed by atoms with Crippen LogP contribution < -0.4 is 4.90 Å². The third-order valence-electron chi connectivity index (χ3n) is 3.59. The Morgan fingerprint density at radius 2 is 2.00 bits per heavy atom. The van der Waals surface area contributed by atoms with Crippen LogP contribution in [0.25, 0.3) is 0 Å². The third kappa shape index (κ3) is 3.98. The van der Waals surface area contributed by atoms with Crippen molar-refractivity contribution in [3.8, 4) is 0 Å². The van der Waals surface area contributed by atoms with E-state index in [-0.39, 0.29) is 0 Å². The zero-order valence-corrected chi connectivity index (χ0v) is 13.1. The number of anilines is 1. The van der Waals surface area contributed by atoms with E-state index < -0.39 is 0 Å². The molecular weight excluding hydrogens is 281 g/mol. The van der Waals surface area contributed by atoms with Crippen molar-refractivity contribution in [2.45, 2.75) is 18.7 Å². The smallest absolute Gasteiger partial charge is 0.128 e. The van der Waals surface area contributed by atoms with Crippen LogP contribution in [0.5, 0.6) is 0 Å². The molecule has 0 unspecified atom stereocenters. The summed E-state index contributed by atoms with van der Waals surface area (Å²) in [6.07, 6.45) is 2.44. The van der Waals surface area contributed by atoms with Crippen LogP contribution in [-0.4, -0.2) is 43.6 Å². The summed E-state index contributed by atoms with van der Waals surface area (Å²) in [7, 11) is 4.28. The SMILES string of the molecule is CN(C)CC1CCN(c2ccc(Cl)c(CCl)n2)CC1. The van der Waals surface area contributed by atoms with E-state index in [9.17, 15) is 0 Å². The van der Waals surface area contributed by atoms with E-state index in [0.717, 1.165) is 30.5 Å². The zero-order valence-electron chi connectivity index (χ0n) is 11.6. The fourth-order valence-corrected chi connectivity index (χ4v) is 3.05. The van der Waals surface area contributed by atoms with Gasteiger partial charge in [0.25, 0.3) is 0 Å². The molecule has 1 saturated heterocycles. The molecule has 1 aromatic heterocycles. The molecule has 0 aromatic carbocycles. The normalized spacial score (nSPS) is 17.2. The number of aromatic nitrogens is 1.